The molecule has 0 aliphatic carbocycles. The van der Waals surface area contributed by atoms with Crippen LogP contribution in [0.15, 0.2) is 24.2 Å². The van der Waals surface area contributed by atoms with Crippen molar-refractivity contribution in [3.8, 4) is 0 Å². The van der Waals surface area contributed by atoms with Crippen LogP contribution >= 0.6 is 0 Å². The molecule has 0 heterocycles. The summed E-state index contributed by atoms with van der Waals surface area (Å²) in [6.45, 7) is 8.03. The SMILES string of the molecule is [2H]c1ccc(C)c([2H])c1C(C)(C)C. The molecule has 0 fully saturated rings. The molecule has 0 radical (unpaired) electrons. The van der Waals surface area contributed by atoms with Gasteiger partial charge in [0.2, 0.25) is 0 Å². The van der Waals surface area contributed by atoms with E-state index in [0.717, 1.165) is 11.1 Å². The Balaban J connectivity index is 3.43. The van der Waals surface area contributed by atoms with Crippen LogP contribution < -0.4 is 0 Å². The summed E-state index contributed by atoms with van der Waals surface area (Å²) in [7, 11) is 0. The zero-order valence-electron chi connectivity index (χ0n) is 9.65. The molecule has 60 valence electrons. The monoisotopic (exact) mass is 150 g/mol. The second-order valence-corrected chi connectivity index (χ2v) is 3.91. The Bertz CT molecular complexity index is 322. The Morgan fingerprint density at radius 2 is 2.00 bits per heavy atom. The Morgan fingerprint density at radius 3 is 2.45 bits per heavy atom. The maximum atomic E-state index is 7.87. The molecular formula is C11H16. The highest BCUT2D eigenvalue weighted by Gasteiger charge is 2.12. The van der Waals surface area contributed by atoms with Gasteiger partial charge in [0.25, 0.3) is 0 Å². The van der Waals surface area contributed by atoms with Gasteiger partial charge in [-0.05, 0) is 17.9 Å². The van der Waals surface area contributed by atoms with Gasteiger partial charge in [-0.15, -0.1) is 0 Å². The third-order valence-electron chi connectivity index (χ3n) is 1.63. The molecule has 1 rings (SSSR count). The van der Waals surface area contributed by atoms with E-state index in [9.17, 15) is 0 Å². The summed E-state index contributed by atoms with van der Waals surface area (Å²) in [6.07, 6.45) is 0. The van der Waals surface area contributed by atoms with Crippen molar-refractivity contribution >= 4 is 0 Å². The van der Waals surface area contributed by atoms with E-state index in [1.807, 2.05) is 33.8 Å². The van der Waals surface area contributed by atoms with Crippen LogP contribution in [0.1, 0.15) is 34.6 Å². The Morgan fingerprint density at radius 1 is 1.36 bits per heavy atom. The molecule has 0 nitrogen and oxygen atoms in total. The van der Waals surface area contributed by atoms with Gasteiger partial charge in [-0.2, -0.15) is 0 Å². The lowest BCUT2D eigenvalue weighted by Crippen LogP contribution is -2.10. The molecule has 0 N–H and O–H groups in total. The second-order valence-electron chi connectivity index (χ2n) is 3.91. The first-order valence-electron chi connectivity index (χ1n) is 4.91. The number of aryl methyl sites for hydroxylation is 1. The van der Waals surface area contributed by atoms with Crippen LogP contribution in [0.4, 0.5) is 0 Å². The highest BCUT2D eigenvalue weighted by atomic mass is 14.2. The van der Waals surface area contributed by atoms with Crippen LogP contribution in [0.3, 0.4) is 0 Å². The normalized spacial score (nSPS) is 14.2. The average molecular weight is 150 g/mol. The lowest BCUT2D eigenvalue weighted by molar-refractivity contribution is 0.590. The van der Waals surface area contributed by atoms with Crippen LogP contribution in [0, 0.1) is 6.92 Å². The van der Waals surface area contributed by atoms with E-state index in [1.165, 1.54) is 0 Å². The molecule has 0 bridgehead atoms. The number of hydrogen-bond donors (Lipinski definition) is 0. The molecule has 0 aliphatic heterocycles. The molecule has 1 aromatic rings. The smallest absolute Gasteiger partial charge is 0.0617 e. The molecular weight excluding hydrogens is 132 g/mol. The van der Waals surface area contributed by atoms with Crippen molar-refractivity contribution in [1.29, 1.82) is 0 Å². The van der Waals surface area contributed by atoms with Gasteiger partial charge in [0.05, 0.1) is 2.74 Å². The van der Waals surface area contributed by atoms with Crippen LogP contribution in [-0.4, -0.2) is 0 Å². The van der Waals surface area contributed by atoms with Crippen molar-refractivity contribution < 1.29 is 2.74 Å². The van der Waals surface area contributed by atoms with Gasteiger partial charge in [-0.25, -0.2) is 0 Å². The van der Waals surface area contributed by atoms with Crippen LogP contribution in [0.5, 0.6) is 0 Å². The summed E-state index contributed by atoms with van der Waals surface area (Å²) in [5.41, 5.74) is 1.67. The predicted octanol–water partition coefficient (Wildman–Crippen LogP) is 3.29. The predicted molar refractivity (Wildman–Crippen MR) is 49.9 cm³/mol. The third kappa shape index (κ3) is 2.07. The summed E-state index contributed by atoms with van der Waals surface area (Å²) in [4.78, 5) is 0. The molecule has 0 aromatic heterocycles. The van der Waals surface area contributed by atoms with E-state index in [2.05, 4.69) is 0 Å². The fraction of sp³-hybridized carbons (Fsp3) is 0.455. The first-order chi connectivity index (χ1) is 5.84. The van der Waals surface area contributed by atoms with Crippen molar-refractivity contribution in [2.24, 2.45) is 0 Å². The lowest BCUT2D eigenvalue weighted by Gasteiger charge is -2.19. The van der Waals surface area contributed by atoms with Gasteiger partial charge < -0.3 is 0 Å². The molecule has 0 atom stereocenters. The van der Waals surface area contributed by atoms with Gasteiger partial charge >= 0.3 is 0 Å². The summed E-state index contributed by atoms with van der Waals surface area (Å²) >= 11 is 0. The zero-order chi connectivity index (χ0) is 10.2. The van der Waals surface area contributed by atoms with E-state index in [0.29, 0.717) is 12.1 Å². The molecule has 11 heavy (non-hydrogen) atoms. The van der Waals surface area contributed by atoms with E-state index in [1.54, 1.807) is 6.07 Å². The highest BCUT2D eigenvalue weighted by Crippen LogP contribution is 2.22. The minimum atomic E-state index is -0.111. The Hall–Kier alpha value is -0.780. The minimum Gasteiger partial charge on any atom is -0.0617 e. The highest BCUT2D eigenvalue weighted by molar-refractivity contribution is 5.27. The Kier molecular flexibility index (Phi) is 1.42. The summed E-state index contributed by atoms with van der Waals surface area (Å²) in [5, 5.41) is 0. The van der Waals surface area contributed by atoms with Gasteiger partial charge in [0.1, 0.15) is 0 Å². The maximum absolute atomic E-state index is 7.87. The van der Waals surface area contributed by atoms with Crippen LogP contribution in [0.25, 0.3) is 0 Å². The van der Waals surface area contributed by atoms with Crippen molar-refractivity contribution in [3.05, 3.63) is 35.3 Å². The summed E-state index contributed by atoms with van der Waals surface area (Å²) < 4.78 is 15.6. The fourth-order valence-electron chi connectivity index (χ4n) is 0.929. The standard InChI is InChI=1S/C11H16/c1-9-6-5-7-10(8-9)11(2,3)4/h5-8H,1-4H3/i7D,8D. The maximum Gasteiger partial charge on any atom is 0.0629 e. The van der Waals surface area contributed by atoms with E-state index in [4.69, 9.17) is 2.74 Å². The lowest BCUT2D eigenvalue weighted by atomic mass is 9.86. The molecule has 1 aromatic carbocycles. The quantitative estimate of drug-likeness (QED) is 0.532. The van der Waals surface area contributed by atoms with Crippen molar-refractivity contribution in [1.82, 2.24) is 0 Å². The van der Waals surface area contributed by atoms with Crippen molar-refractivity contribution in [2.75, 3.05) is 0 Å². The van der Waals surface area contributed by atoms with Crippen molar-refractivity contribution in [2.45, 2.75) is 33.1 Å². The second kappa shape index (κ2) is 2.69. The molecule has 0 saturated carbocycles. The number of rotatable bonds is 0. The summed E-state index contributed by atoms with van der Waals surface area (Å²) in [5.74, 6) is 0. The van der Waals surface area contributed by atoms with Gasteiger partial charge in [-0.1, -0.05) is 50.6 Å². The number of hydrogen-bond acceptors (Lipinski definition) is 0. The van der Waals surface area contributed by atoms with Gasteiger partial charge in [0.15, 0.2) is 0 Å². The molecule has 0 spiro atoms. The number of benzene rings is 1. The zero-order valence-corrected chi connectivity index (χ0v) is 7.65. The minimum absolute atomic E-state index is 0.111. The first kappa shape index (κ1) is 5.82. The largest absolute Gasteiger partial charge is 0.0629 e. The van der Waals surface area contributed by atoms with Crippen LogP contribution in [-0.2, 0) is 5.41 Å². The van der Waals surface area contributed by atoms with Crippen molar-refractivity contribution in [3.63, 3.8) is 0 Å². The third-order valence-corrected chi connectivity index (χ3v) is 1.63. The van der Waals surface area contributed by atoms with E-state index >= 15 is 0 Å². The molecule has 0 aliphatic rings. The van der Waals surface area contributed by atoms with E-state index < -0.39 is 0 Å². The topological polar surface area (TPSA) is 0 Å². The molecule has 0 heteroatoms. The average Bonchev–Trinajstić information content (AvgIpc) is 1.95. The van der Waals surface area contributed by atoms with E-state index in [-0.39, 0.29) is 5.41 Å². The van der Waals surface area contributed by atoms with Gasteiger partial charge in [-0.3, -0.25) is 0 Å². The first-order valence-corrected chi connectivity index (χ1v) is 3.91. The fourth-order valence-corrected chi connectivity index (χ4v) is 0.929. The molecule has 0 unspecified atom stereocenters. The summed E-state index contributed by atoms with van der Waals surface area (Å²) in [6, 6.07) is 4.59. The van der Waals surface area contributed by atoms with Gasteiger partial charge in [0, 0.05) is 0 Å². The Labute approximate surface area is 72.1 Å². The van der Waals surface area contributed by atoms with Crippen LogP contribution in [0.2, 0.25) is 0 Å². The molecule has 0 amide bonds. The molecule has 0 saturated heterocycles.